The molecule has 2 aliphatic carbocycles. The standard InChI is InChI=1S/C27H38N2O2/c1-18-7-8-20(3)24(14-18)29-12-10-28(11-13-29)17-22-21-15-23-19(2)6-5-9-27(23,4)16-25(21)31-26(22)30/h7-8,14-15,19,21-22,25H,5-6,9-13,16-17H2,1-4H3/t19-,21+,22-,25+,27+/m0/s1. The van der Waals surface area contributed by atoms with E-state index >= 15 is 0 Å². The van der Waals surface area contributed by atoms with Crippen LogP contribution < -0.4 is 4.90 Å². The molecular formula is C27H38N2O2. The summed E-state index contributed by atoms with van der Waals surface area (Å²) in [6, 6.07) is 6.72. The van der Waals surface area contributed by atoms with Crippen molar-refractivity contribution in [2.75, 3.05) is 37.6 Å². The largest absolute Gasteiger partial charge is 0.461 e. The maximum absolute atomic E-state index is 12.9. The van der Waals surface area contributed by atoms with Crippen molar-refractivity contribution < 1.29 is 9.53 Å². The highest BCUT2D eigenvalue weighted by molar-refractivity contribution is 5.76. The molecule has 0 spiro atoms. The topological polar surface area (TPSA) is 32.8 Å². The van der Waals surface area contributed by atoms with Crippen LogP contribution in [0.4, 0.5) is 5.69 Å². The molecule has 0 radical (unpaired) electrons. The van der Waals surface area contributed by atoms with Gasteiger partial charge in [-0.25, -0.2) is 0 Å². The fourth-order valence-corrected chi connectivity index (χ4v) is 6.77. The number of carbonyl (C=O) groups is 1. The van der Waals surface area contributed by atoms with Gasteiger partial charge in [0.25, 0.3) is 0 Å². The lowest BCUT2D eigenvalue weighted by Crippen LogP contribution is -2.49. The predicted octanol–water partition coefficient (Wildman–Crippen LogP) is 4.74. The van der Waals surface area contributed by atoms with E-state index in [2.05, 4.69) is 61.8 Å². The van der Waals surface area contributed by atoms with E-state index in [0.29, 0.717) is 5.92 Å². The van der Waals surface area contributed by atoms with Crippen molar-refractivity contribution in [3.63, 3.8) is 0 Å². The summed E-state index contributed by atoms with van der Waals surface area (Å²) in [6.07, 6.45) is 7.44. The van der Waals surface area contributed by atoms with Crippen LogP contribution in [0.1, 0.15) is 50.7 Å². The van der Waals surface area contributed by atoms with Crippen LogP contribution in [0.5, 0.6) is 0 Å². The van der Waals surface area contributed by atoms with Crippen molar-refractivity contribution in [1.82, 2.24) is 4.90 Å². The van der Waals surface area contributed by atoms with Crippen molar-refractivity contribution in [2.24, 2.45) is 23.2 Å². The average molecular weight is 423 g/mol. The van der Waals surface area contributed by atoms with Crippen molar-refractivity contribution in [2.45, 2.75) is 59.5 Å². The molecule has 1 saturated carbocycles. The number of rotatable bonds is 3. The molecule has 1 aromatic rings. The summed E-state index contributed by atoms with van der Waals surface area (Å²) in [6.45, 7) is 14.1. The fourth-order valence-electron chi connectivity index (χ4n) is 6.77. The van der Waals surface area contributed by atoms with Crippen LogP contribution >= 0.6 is 0 Å². The lowest BCUT2D eigenvalue weighted by molar-refractivity contribution is -0.145. The number of fused-ring (bicyclic) bond motifs is 2. The van der Waals surface area contributed by atoms with Crippen molar-refractivity contribution in [1.29, 1.82) is 0 Å². The molecule has 0 aromatic heterocycles. The van der Waals surface area contributed by atoms with Crippen LogP contribution in [0.2, 0.25) is 0 Å². The zero-order valence-electron chi connectivity index (χ0n) is 19.7. The summed E-state index contributed by atoms with van der Waals surface area (Å²) in [5, 5.41) is 0. The number of esters is 1. The second kappa shape index (κ2) is 7.95. The van der Waals surface area contributed by atoms with Gasteiger partial charge in [-0.05, 0) is 61.6 Å². The van der Waals surface area contributed by atoms with E-state index in [0.717, 1.165) is 39.1 Å². The summed E-state index contributed by atoms with van der Waals surface area (Å²) in [7, 11) is 0. The third kappa shape index (κ3) is 3.82. The molecule has 1 aromatic carbocycles. The van der Waals surface area contributed by atoms with Crippen LogP contribution in [-0.2, 0) is 9.53 Å². The summed E-state index contributed by atoms with van der Waals surface area (Å²) >= 11 is 0. The van der Waals surface area contributed by atoms with Gasteiger partial charge < -0.3 is 9.64 Å². The smallest absolute Gasteiger partial charge is 0.311 e. The first-order chi connectivity index (χ1) is 14.8. The van der Waals surface area contributed by atoms with Crippen molar-refractivity contribution in [3.8, 4) is 0 Å². The quantitative estimate of drug-likeness (QED) is 0.520. The van der Waals surface area contributed by atoms with E-state index in [-0.39, 0.29) is 29.3 Å². The highest BCUT2D eigenvalue weighted by atomic mass is 16.6. The first-order valence-corrected chi connectivity index (χ1v) is 12.3. The average Bonchev–Trinajstić information content (AvgIpc) is 3.02. The van der Waals surface area contributed by atoms with Gasteiger partial charge in [0, 0.05) is 44.3 Å². The van der Waals surface area contributed by atoms with E-state index in [9.17, 15) is 4.79 Å². The van der Waals surface area contributed by atoms with Gasteiger partial charge in [-0.3, -0.25) is 9.69 Å². The van der Waals surface area contributed by atoms with Crippen LogP contribution in [0.3, 0.4) is 0 Å². The number of hydrogen-bond acceptors (Lipinski definition) is 4. The Morgan fingerprint density at radius 1 is 1.16 bits per heavy atom. The first kappa shape index (κ1) is 21.1. The molecule has 5 rings (SSSR count). The number of nitrogens with zero attached hydrogens (tertiary/aromatic N) is 2. The van der Waals surface area contributed by atoms with E-state index in [1.54, 1.807) is 5.57 Å². The third-order valence-corrected chi connectivity index (χ3v) is 8.61. The van der Waals surface area contributed by atoms with E-state index in [4.69, 9.17) is 4.74 Å². The molecule has 168 valence electrons. The van der Waals surface area contributed by atoms with Crippen LogP contribution in [-0.4, -0.2) is 49.7 Å². The van der Waals surface area contributed by atoms with Gasteiger partial charge in [-0.1, -0.05) is 44.1 Å². The zero-order chi connectivity index (χ0) is 21.8. The Morgan fingerprint density at radius 3 is 2.71 bits per heavy atom. The SMILES string of the molecule is Cc1ccc(C)c(N2CCN(C[C@@H]3C(=O)O[C@@H]4C[C@@]5(C)CCC[C@H](C)C5=C[C@H]34)CC2)c1. The maximum Gasteiger partial charge on any atom is 0.311 e. The van der Waals surface area contributed by atoms with Gasteiger partial charge in [0.1, 0.15) is 6.10 Å². The number of ether oxygens (including phenoxy) is 1. The van der Waals surface area contributed by atoms with Crippen molar-refractivity contribution in [3.05, 3.63) is 41.0 Å². The lowest BCUT2D eigenvalue weighted by atomic mass is 9.59. The summed E-state index contributed by atoms with van der Waals surface area (Å²) < 4.78 is 5.97. The van der Waals surface area contributed by atoms with Crippen LogP contribution in [0, 0.1) is 37.0 Å². The zero-order valence-corrected chi connectivity index (χ0v) is 19.7. The maximum atomic E-state index is 12.9. The Bertz CT molecular complexity index is 885. The highest BCUT2D eigenvalue weighted by Crippen LogP contribution is 2.54. The molecule has 2 saturated heterocycles. The van der Waals surface area contributed by atoms with Crippen molar-refractivity contribution >= 4 is 11.7 Å². The second-order valence-electron chi connectivity index (χ2n) is 10.9. The molecule has 4 heteroatoms. The molecule has 0 N–H and O–H groups in total. The van der Waals surface area contributed by atoms with Gasteiger partial charge in [-0.2, -0.15) is 0 Å². The molecular weight excluding hydrogens is 384 g/mol. The Balaban J connectivity index is 1.27. The minimum absolute atomic E-state index is 0.00318. The number of aryl methyl sites for hydroxylation is 2. The van der Waals surface area contributed by atoms with E-state index in [1.807, 2.05) is 0 Å². The summed E-state index contributed by atoms with van der Waals surface area (Å²) in [5.74, 6) is 0.965. The number of allylic oxidation sites excluding steroid dienone is 1. The van der Waals surface area contributed by atoms with E-state index < -0.39 is 0 Å². The van der Waals surface area contributed by atoms with Gasteiger partial charge in [0.05, 0.1) is 5.92 Å². The first-order valence-electron chi connectivity index (χ1n) is 12.3. The molecule has 5 atom stereocenters. The molecule has 31 heavy (non-hydrogen) atoms. The Morgan fingerprint density at radius 2 is 1.94 bits per heavy atom. The molecule has 4 aliphatic rings. The minimum atomic E-state index is 0.00318. The Kier molecular flexibility index (Phi) is 5.40. The number of carbonyl (C=O) groups excluding carboxylic acids is 1. The van der Waals surface area contributed by atoms with Gasteiger partial charge in [-0.15, -0.1) is 0 Å². The molecule has 3 fully saturated rings. The monoisotopic (exact) mass is 422 g/mol. The highest BCUT2D eigenvalue weighted by Gasteiger charge is 2.52. The Labute approximate surface area is 187 Å². The Hall–Kier alpha value is -1.81. The minimum Gasteiger partial charge on any atom is -0.461 e. The molecule has 0 unspecified atom stereocenters. The normalized spacial score (nSPS) is 35.9. The van der Waals surface area contributed by atoms with Gasteiger partial charge >= 0.3 is 5.97 Å². The number of benzene rings is 1. The second-order valence-corrected chi connectivity index (χ2v) is 10.9. The number of anilines is 1. The van der Waals surface area contributed by atoms with Gasteiger partial charge in [0.2, 0.25) is 0 Å². The van der Waals surface area contributed by atoms with Gasteiger partial charge in [0.15, 0.2) is 0 Å². The molecule has 2 aliphatic heterocycles. The fraction of sp³-hybridized carbons (Fsp3) is 0.667. The summed E-state index contributed by atoms with van der Waals surface area (Å²) in [5.41, 5.74) is 5.88. The van der Waals surface area contributed by atoms with E-state index in [1.165, 1.54) is 36.1 Å². The van der Waals surface area contributed by atoms with Crippen LogP contribution in [0.25, 0.3) is 0 Å². The third-order valence-electron chi connectivity index (χ3n) is 8.61. The molecule has 0 amide bonds. The van der Waals surface area contributed by atoms with Crippen LogP contribution in [0.15, 0.2) is 29.8 Å². The number of hydrogen-bond donors (Lipinski definition) is 0. The number of piperazine rings is 1. The predicted molar refractivity (Wildman–Crippen MR) is 125 cm³/mol. The molecule has 2 heterocycles. The molecule has 0 bridgehead atoms. The lowest BCUT2D eigenvalue weighted by Gasteiger charge is -2.46. The summed E-state index contributed by atoms with van der Waals surface area (Å²) in [4.78, 5) is 17.9. The molecule has 4 nitrogen and oxygen atoms in total.